The molecule has 2 heterocycles. The number of hydrogen-bond donors (Lipinski definition) is 1. The van der Waals surface area contributed by atoms with Gasteiger partial charge in [-0.25, -0.2) is 9.48 Å². The van der Waals surface area contributed by atoms with Crippen LogP contribution in [0.25, 0.3) is 11.8 Å². The summed E-state index contributed by atoms with van der Waals surface area (Å²) in [5.74, 6) is -0.979. The van der Waals surface area contributed by atoms with E-state index in [1.807, 2.05) is 31.5 Å². The molecule has 0 aliphatic carbocycles. The summed E-state index contributed by atoms with van der Waals surface area (Å²) in [6.07, 6.45) is 5.92. The highest BCUT2D eigenvalue weighted by molar-refractivity contribution is 5.85. The van der Waals surface area contributed by atoms with E-state index < -0.39 is 5.97 Å². The van der Waals surface area contributed by atoms with Crippen LogP contribution in [0.1, 0.15) is 22.5 Å². The van der Waals surface area contributed by atoms with Gasteiger partial charge in [0.1, 0.15) is 0 Å². The monoisotopic (exact) mass is 257 g/mol. The molecular formula is C14H15N3O2. The number of aliphatic carboxylic acids is 1. The van der Waals surface area contributed by atoms with Crippen molar-refractivity contribution in [1.29, 1.82) is 0 Å². The first-order valence-corrected chi connectivity index (χ1v) is 5.88. The Kier molecular flexibility index (Phi) is 3.46. The molecule has 1 N–H and O–H groups in total. The molecule has 0 amide bonds. The first-order chi connectivity index (χ1) is 8.99. The van der Waals surface area contributed by atoms with Gasteiger partial charge in [0.2, 0.25) is 0 Å². The molecule has 0 bridgehead atoms. The van der Waals surface area contributed by atoms with Crippen molar-refractivity contribution < 1.29 is 9.90 Å². The maximum absolute atomic E-state index is 10.5. The summed E-state index contributed by atoms with van der Waals surface area (Å²) >= 11 is 0. The molecule has 0 unspecified atom stereocenters. The Balaban J connectivity index is 2.43. The van der Waals surface area contributed by atoms with Crippen LogP contribution in [0.5, 0.6) is 0 Å². The van der Waals surface area contributed by atoms with Gasteiger partial charge < -0.3 is 5.11 Å². The molecule has 0 radical (unpaired) electrons. The average molecular weight is 257 g/mol. The maximum Gasteiger partial charge on any atom is 0.328 e. The Labute approximate surface area is 111 Å². The molecule has 2 aromatic heterocycles. The summed E-state index contributed by atoms with van der Waals surface area (Å²) in [5, 5.41) is 13.1. The third kappa shape index (κ3) is 2.70. The van der Waals surface area contributed by atoms with Crippen LogP contribution in [0.2, 0.25) is 0 Å². The van der Waals surface area contributed by atoms with Gasteiger partial charge in [-0.1, -0.05) is 0 Å². The fourth-order valence-corrected chi connectivity index (χ4v) is 1.79. The molecule has 0 spiro atoms. The van der Waals surface area contributed by atoms with E-state index in [4.69, 9.17) is 5.11 Å². The van der Waals surface area contributed by atoms with E-state index in [0.717, 1.165) is 34.3 Å². The van der Waals surface area contributed by atoms with E-state index in [0.29, 0.717) is 0 Å². The van der Waals surface area contributed by atoms with Gasteiger partial charge in [0.15, 0.2) is 0 Å². The molecule has 2 rings (SSSR count). The van der Waals surface area contributed by atoms with E-state index in [1.165, 1.54) is 6.08 Å². The lowest BCUT2D eigenvalue weighted by Crippen LogP contribution is -2.00. The Morgan fingerprint density at radius 1 is 1.32 bits per heavy atom. The molecule has 0 fully saturated rings. The Hall–Kier alpha value is -2.43. The summed E-state index contributed by atoms with van der Waals surface area (Å²) in [5.41, 5.74) is 4.72. The lowest BCUT2D eigenvalue weighted by Gasteiger charge is -2.04. The second-order valence-electron chi connectivity index (χ2n) is 4.36. The third-order valence-corrected chi connectivity index (χ3v) is 3.06. The van der Waals surface area contributed by atoms with Crippen LogP contribution in [0.3, 0.4) is 0 Å². The van der Waals surface area contributed by atoms with Crippen molar-refractivity contribution in [2.45, 2.75) is 20.8 Å². The highest BCUT2D eigenvalue weighted by Crippen LogP contribution is 2.17. The Bertz CT molecular complexity index is 657. The van der Waals surface area contributed by atoms with Gasteiger partial charge in [-0.2, -0.15) is 5.10 Å². The fourth-order valence-electron chi connectivity index (χ4n) is 1.79. The van der Waals surface area contributed by atoms with Gasteiger partial charge in [0, 0.05) is 18.0 Å². The molecular weight excluding hydrogens is 242 g/mol. The number of carbonyl (C=O) groups is 1. The van der Waals surface area contributed by atoms with Crippen LogP contribution in [0.15, 0.2) is 24.5 Å². The van der Waals surface area contributed by atoms with Crippen molar-refractivity contribution in [3.63, 3.8) is 0 Å². The minimum absolute atomic E-state index is 0.727. The van der Waals surface area contributed by atoms with E-state index in [9.17, 15) is 4.79 Å². The van der Waals surface area contributed by atoms with Gasteiger partial charge >= 0.3 is 5.97 Å². The van der Waals surface area contributed by atoms with Crippen molar-refractivity contribution >= 4 is 12.0 Å². The molecule has 19 heavy (non-hydrogen) atoms. The summed E-state index contributed by atoms with van der Waals surface area (Å²) in [4.78, 5) is 14.6. The fraction of sp³-hybridized carbons (Fsp3) is 0.214. The molecule has 0 atom stereocenters. The summed E-state index contributed by atoms with van der Waals surface area (Å²) in [7, 11) is 0. The number of pyridine rings is 1. The highest BCUT2D eigenvalue weighted by atomic mass is 16.4. The largest absolute Gasteiger partial charge is 0.478 e. The van der Waals surface area contributed by atoms with Gasteiger partial charge in [-0.05, 0) is 44.0 Å². The SMILES string of the molecule is Cc1nn(-c2cncc(/C=C/C(=O)O)c2)c(C)c1C. The smallest absolute Gasteiger partial charge is 0.328 e. The minimum Gasteiger partial charge on any atom is -0.478 e. The van der Waals surface area contributed by atoms with E-state index in [-0.39, 0.29) is 0 Å². The first kappa shape index (κ1) is 13.0. The number of aromatic nitrogens is 3. The van der Waals surface area contributed by atoms with Crippen molar-refractivity contribution in [2.24, 2.45) is 0 Å². The predicted molar refractivity (Wildman–Crippen MR) is 72.2 cm³/mol. The van der Waals surface area contributed by atoms with Gasteiger partial charge in [-0.15, -0.1) is 0 Å². The molecule has 0 aliphatic heterocycles. The van der Waals surface area contributed by atoms with Crippen molar-refractivity contribution in [1.82, 2.24) is 14.8 Å². The van der Waals surface area contributed by atoms with Crippen molar-refractivity contribution in [3.05, 3.63) is 47.1 Å². The predicted octanol–water partition coefficient (Wildman–Crippen LogP) is 2.29. The molecule has 0 saturated carbocycles. The quantitative estimate of drug-likeness (QED) is 0.856. The van der Waals surface area contributed by atoms with Crippen LogP contribution >= 0.6 is 0 Å². The van der Waals surface area contributed by atoms with Crippen LogP contribution in [0, 0.1) is 20.8 Å². The van der Waals surface area contributed by atoms with Crippen LogP contribution in [0.4, 0.5) is 0 Å². The topological polar surface area (TPSA) is 68.0 Å². The van der Waals surface area contributed by atoms with Crippen LogP contribution in [-0.2, 0) is 4.79 Å². The van der Waals surface area contributed by atoms with Gasteiger partial charge in [0.05, 0.1) is 17.6 Å². The minimum atomic E-state index is -0.979. The van der Waals surface area contributed by atoms with Crippen molar-refractivity contribution in [2.75, 3.05) is 0 Å². The molecule has 0 saturated heterocycles. The number of carboxylic acid groups (broad SMARTS) is 1. The summed E-state index contributed by atoms with van der Waals surface area (Å²) < 4.78 is 1.82. The number of aryl methyl sites for hydroxylation is 1. The van der Waals surface area contributed by atoms with Gasteiger partial charge in [0.25, 0.3) is 0 Å². The molecule has 5 heteroatoms. The zero-order valence-electron chi connectivity index (χ0n) is 11.1. The highest BCUT2D eigenvalue weighted by Gasteiger charge is 2.09. The maximum atomic E-state index is 10.5. The van der Waals surface area contributed by atoms with E-state index in [1.54, 1.807) is 12.4 Å². The zero-order valence-corrected chi connectivity index (χ0v) is 11.1. The number of nitrogens with zero attached hydrogens (tertiary/aromatic N) is 3. The zero-order chi connectivity index (χ0) is 14.0. The summed E-state index contributed by atoms with van der Waals surface area (Å²) in [6.45, 7) is 5.98. The molecule has 2 aromatic rings. The third-order valence-electron chi connectivity index (χ3n) is 3.06. The number of carboxylic acids is 1. The summed E-state index contributed by atoms with van der Waals surface area (Å²) in [6, 6.07) is 1.85. The average Bonchev–Trinajstić information content (AvgIpc) is 2.64. The van der Waals surface area contributed by atoms with Crippen molar-refractivity contribution in [3.8, 4) is 5.69 Å². The number of hydrogen-bond acceptors (Lipinski definition) is 3. The Morgan fingerprint density at radius 3 is 2.63 bits per heavy atom. The molecule has 98 valence electrons. The normalized spacial score (nSPS) is 11.1. The second kappa shape index (κ2) is 5.06. The van der Waals surface area contributed by atoms with Crippen LogP contribution < -0.4 is 0 Å². The second-order valence-corrected chi connectivity index (χ2v) is 4.36. The van der Waals surface area contributed by atoms with Gasteiger partial charge in [-0.3, -0.25) is 4.98 Å². The lowest BCUT2D eigenvalue weighted by molar-refractivity contribution is -0.131. The first-order valence-electron chi connectivity index (χ1n) is 5.88. The van der Waals surface area contributed by atoms with Crippen LogP contribution in [-0.4, -0.2) is 25.8 Å². The standard InChI is InChI=1S/C14H15N3O2/c1-9-10(2)16-17(11(9)3)13-6-12(7-15-8-13)4-5-14(18)19/h4-8H,1-3H3,(H,18,19)/b5-4+. The molecule has 0 aliphatic rings. The van der Waals surface area contributed by atoms with E-state index >= 15 is 0 Å². The lowest BCUT2D eigenvalue weighted by atomic mass is 10.2. The van der Waals surface area contributed by atoms with E-state index in [2.05, 4.69) is 10.1 Å². The molecule has 0 aromatic carbocycles. The Morgan fingerprint density at radius 2 is 2.05 bits per heavy atom. The number of rotatable bonds is 3. The molecule has 5 nitrogen and oxygen atoms in total.